The average Bonchev–Trinajstić information content (AvgIpc) is 2.24. The first-order chi connectivity index (χ1) is 8.29. The molecule has 4 N–H and O–H groups in total. The van der Waals surface area contributed by atoms with Gasteiger partial charge in [-0.25, -0.2) is 4.72 Å². The van der Waals surface area contributed by atoms with E-state index in [0.717, 1.165) is 0 Å². The van der Waals surface area contributed by atoms with Gasteiger partial charge in [0.05, 0.1) is 0 Å². The Morgan fingerprint density at radius 3 is 2.50 bits per heavy atom. The van der Waals surface area contributed by atoms with Gasteiger partial charge in [0, 0.05) is 32.6 Å². The minimum atomic E-state index is -3.51. The third kappa shape index (κ3) is 7.59. The van der Waals surface area contributed by atoms with Crippen molar-refractivity contribution in [1.82, 2.24) is 14.3 Å². The van der Waals surface area contributed by atoms with Gasteiger partial charge in [0.2, 0.25) is 5.91 Å². The van der Waals surface area contributed by atoms with E-state index in [9.17, 15) is 13.2 Å². The van der Waals surface area contributed by atoms with Gasteiger partial charge < -0.3 is 11.1 Å². The number of carbonyl (C=O) groups is 1. The number of nitrogens with one attached hydrogen (secondary N) is 2. The van der Waals surface area contributed by atoms with Crippen LogP contribution in [0.3, 0.4) is 0 Å². The van der Waals surface area contributed by atoms with Crippen molar-refractivity contribution in [2.45, 2.75) is 32.7 Å². The monoisotopic (exact) mass is 280 g/mol. The van der Waals surface area contributed by atoms with Crippen LogP contribution < -0.4 is 15.8 Å². The Labute approximate surface area is 109 Å². The zero-order valence-corrected chi connectivity index (χ0v) is 12.1. The molecule has 0 unspecified atom stereocenters. The second-order valence-electron chi connectivity index (χ2n) is 4.34. The van der Waals surface area contributed by atoms with Crippen molar-refractivity contribution in [2.24, 2.45) is 5.73 Å². The van der Waals surface area contributed by atoms with Gasteiger partial charge in [-0.15, -0.1) is 0 Å². The van der Waals surface area contributed by atoms with Gasteiger partial charge >= 0.3 is 0 Å². The predicted octanol–water partition coefficient (Wildman–Crippen LogP) is -0.984. The number of nitrogens with two attached hydrogens (primary N) is 1. The molecule has 0 aliphatic rings. The van der Waals surface area contributed by atoms with E-state index in [1.165, 1.54) is 11.4 Å². The van der Waals surface area contributed by atoms with E-state index in [-0.39, 0.29) is 24.9 Å². The Morgan fingerprint density at radius 1 is 1.39 bits per heavy atom. The fourth-order valence-corrected chi connectivity index (χ4v) is 2.18. The highest BCUT2D eigenvalue weighted by molar-refractivity contribution is 7.87. The van der Waals surface area contributed by atoms with E-state index < -0.39 is 10.2 Å². The highest BCUT2D eigenvalue weighted by atomic mass is 32.2. The Bertz CT molecular complexity index is 343. The first kappa shape index (κ1) is 17.3. The first-order valence-electron chi connectivity index (χ1n) is 6.00. The molecule has 0 saturated carbocycles. The SMILES string of the molecule is CC(C)NC(=O)CCNS(=O)(=O)N(C)CCCN. The van der Waals surface area contributed by atoms with Crippen molar-refractivity contribution < 1.29 is 13.2 Å². The molecule has 0 rings (SSSR count). The van der Waals surface area contributed by atoms with Gasteiger partial charge in [-0.3, -0.25) is 4.79 Å². The minimum Gasteiger partial charge on any atom is -0.354 e. The van der Waals surface area contributed by atoms with E-state index in [0.29, 0.717) is 19.5 Å². The summed E-state index contributed by atoms with van der Waals surface area (Å²) in [5.41, 5.74) is 5.31. The van der Waals surface area contributed by atoms with E-state index in [4.69, 9.17) is 5.73 Å². The Balaban J connectivity index is 4.00. The summed E-state index contributed by atoms with van der Waals surface area (Å²) in [6.07, 6.45) is 0.730. The summed E-state index contributed by atoms with van der Waals surface area (Å²) in [4.78, 5) is 11.3. The van der Waals surface area contributed by atoms with Crippen LogP contribution in [0.5, 0.6) is 0 Å². The van der Waals surface area contributed by atoms with Crippen LogP contribution in [-0.2, 0) is 15.0 Å². The van der Waals surface area contributed by atoms with Gasteiger partial charge in [0.15, 0.2) is 0 Å². The molecule has 0 fully saturated rings. The molecule has 0 saturated heterocycles. The van der Waals surface area contributed by atoms with Gasteiger partial charge in [-0.1, -0.05) is 0 Å². The molecular formula is C10H24N4O3S. The van der Waals surface area contributed by atoms with Crippen molar-refractivity contribution in [1.29, 1.82) is 0 Å². The van der Waals surface area contributed by atoms with Crippen LogP contribution in [0.4, 0.5) is 0 Å². The molecule has 0 aromatic heterocycles. The Kier molecular flexibility index (Phi) is 8.08. The molecule has 0 bridgehead atoms. The molecular weight excluding hydrogens is 256 g/mol. The van der Waals surface area contributed by atoms with Gasteiger partial charge in [-0.2, -0.15) is 12.7 Å². The number of hydrogen-bond donors (Lipinski definition) is 3. The number of hydrogen-bond acceptors (Lipinski definition) is 4. The third-order valence-electron chi connectivity index (χ3n) is 2.17. The highest BCUT2D eigenvalue weighted by Crippen LogP contribution is 1.95. The maximum atomic E-state index is 11.7. The van der Waals surface area contributed by atoms with Crippen molar-refractivity contribution in [2.75, 3.05) is 26.7 Å². The van der Waals surface area contributed by atoms with Crippen LogP contribution in [0.1, 0.15) is 26.7 Å². The standard InChI is InChI=1S/C10H24N4O3S/c1-9(2)13-10(15)5-7-12-18(16,17)14(3)8-4-6-11/h9,12H,4-8,11H2,1-3H3,(H,13,15). The smallest absolute Gasteiger partial charge is 0.279 e. The topological polar surface area (TPSA) is 105 Å². The molecule has 18 heavy (non-hydrogen) atoms. The van der Waals surface area contributed by atoms with Crippen molar-refractivity contribution >= 4 is 16.1 Å². The number of nitrogens with zero attached hydrogens (tertiary/aromatic N) is 1. The first-order valence-corrected chi connectivity index (χ1v) is 7.44. The van der Waals surface area contributed by atoms with E-state index in [1.807, 2.05) is 13.8 Å². The zero-order chi connectivity index (χ0) is 14.2. The van der Waals surface area contributed by atoms with Crippen molar-refractivity contribution in [3.63, 3.8) is 0 Å². The lowest BCUT2D eigenvalue weighted by Crippen LogP contribution is -2.41. The largest absolute Gasteiger partial charge is 0.354 e. The molecule has 0 aliphatic heterocycles. The molecule has 108 valence electrons. The second kappa shape index (κ2) is 8.41. The highest BCUT2D eigenvalue weighted by Gasteiger charge is 2.16. The van der Waals surface area contributed by atoms with E-state index in [2.05, 4.69) is 10.0 Å². The van der Waals surface area contributed by atoms with E-state index in [1.54, 1.807) is 0 Å². The third-order valence-corrected chi connectivity index (χ3v) is 3.75. The number of carbonyl (C=O) groups excluding carboxylic acids is 1. The van der Waals surface area contributed by atoms with Gasteiger partial charge in [0.25, 0.3) is 10.2 Å². The number of rotatable bonds is 9. The van der Waals surface area contributed by atoms with Gasteiger partial charge in [0.1, 0.15) is 0 Å². The zero-order valence-electron chi connectivity index (χ0n) is 11.3. The van der Waals surface area contributed by atoms with Crippen LogP contribution in [0, 0.1) is 0 Å². The summed E-state index contributed by atoms with van der Waals surface area (Å²) in [5.74, 6) is -0.169. The normalized spacial score (nSPS) is 12.1. The fraction of sp³-hybridized carbons (Fsp3) is 0.900. The molecule has 0 aliphatic carbocycles. The predicted molar refractivity (Wildman–Crippen MR) is 71.1 cm³/mol. The molecule has 0 spiro atoms. The van der Waals surface area contributed by atoms with Crippen LogP contribution in [0.25, 0.3) is 0 Å². The molecule has 8 heteroatoms. The maximum Gasteiger partial charge on any atom is 0.279 e. The van der Waals surface area contributed by atoms with Crippen LogP contribution in [0.2, 0.25) is 0 Å². The molecule has 0 aromatic rings. The molecule has 0 atom stereocenters. The molecule has 0 aromatic carbocycles. The number of amides is 1. The summed E-state index contributed by atoms with van der Waals surface area (Å²) in [7, 11) is -2.03. The summed E-state index contributed by atoms with van der Waals surface area (Å²) in [6.45, 7) is 4.60. The Morgan fingerprint density at radius 2 is 2.00 bits per heavy atom. The lowest BCUT2D eigenvalue weighted by Gasteiger charge is -2.17. The lowest BCUT2D eigenvalue weighted by molar-refractivity contribution is -0.121. The molecule has 7 nitrogen and oxygen atoms in total. The summed E-state index contributed by atoms with van der Waals surface area (Å²) in [6, 6.07) is 0.0568. The van der Waals surface area contributed by atoms with E-state index >= 15 is 0 Å². The summed E-state index contributed by atoms with van der Waals surface area (Å²) < 4.78 is 26.9. The van der Waals surface area contributed by atoms with Crippen LogP contribution in [-0.4, -0.2) is 51.4 Å². The summed E-state index contributed by atoms with van der Waals surface area (Å²) >= 11 is 0. The summed E-state index contributed by atoms with van der Waals surface area (Å²) in [5, 5.41) is 2.69. The Hall–Kier alpha value is -0.700. The molecule has 0 radical (unpaired) electrons. The minimum absolute atomic E-state index is 0.0568. The average molecular weight is 280 g/mol. The molecule has 1 amide bonds. The van der Waals surface area contributed by atoms with Crippen molar-refractivity contribution in [3.05, 3.63) is 0 Å². The lowest BCUT2D eigenvalue weighted by atomic mass is 10.3. The van der Waals surface area contributed by atoms with Gasteiger partial charge in [-0.05, 0) is 26.8 Å². The van der Waals surface area contributed by atoms with Crippen LogP contribution in [0.15, 0.2) is 0 Å². The maximum absolute atomic E-state index is 11.7. The van der Waals surface area contributed by atoms with Crippen molar-refractivity contribution in [3.8, 4) is 0 Å². The quantitative estimate of drug-likeness (QED) is 0.504. The molecule has 0 heterocycles. The van der Waals surface area contributed by atoms with Crippen LogP contribution >= 0.6 is 0 Å². The second-order valence-corrected chi connectivity index (χ2v) is 6.20. The fourth-order valence-electron chi connectivity index (χ4n) is 1.23.